The van der Waals surface area contributed by atoms with Crippen molar-refractivity contribution in [3.63, 3.8) is 0 Å². The molecule has 0 aliphatic rings. The zero-order chi connectivity index (χ0) is 14.5. The predicted octanol–water partition coefficient (Wildman–Crippen LogP) is 3.43. The van der Waals surface area contributed by atoms with Crippen molar-refractivity contribution in [1.29, 1.82) is 0 Å². The molecule has 5 heteroatoms. The van der Waals surface area contributed by atoms with Gasteiger partial charge in [-0.05, 0) is 40.2 Å². The predicted molar refractivity (Wildman–Crippen MR) is 83.7 cm³/mol. The van der Waals surface area contributed by atoms with Gasteiger partial charge in [-0.1, -0.05) is 18.2 Å². The van der Waals surface area contributed by atoms with Crippen LogP contribution in [0, 0.1) is 0 Å². The van der Waals surface area contributed by atoms with Gasteiger partial charge < -0.3 is 15.8 Å². The first kappa shape index (κ1) is 14.6. The first-order valence-electron chi connectivity index (χ1n) is 6.05. The number of benzene rings is 2. The number of para-hydroxylation sites is 1. The van der Waals surface area contributed by atoms with E-state index >= 15 is 0 Å². The van der Waals surface area contributed by atoms with Gasteiger partial charge in [-0.2, -0.15) is 0 Å². The molecule has 3 N–H and O–H groups in total. The Morgan fingerprint density at radius 2 is 2.05 bits per heavy atom. The van der Waals surface area contributed by atoms with Gasteiger partial charge in [-0.25, -0.2) is 0 Å². The first-order chi connectivity index (χ1) is 9.61. The molecule has 0 fully saturated rings. The summed E-state index contributed by atoms with van der Waals surface area (Å²) < 4.78 is 5.82. The molecular weight excluding hydrogens is 320 g/mol. The Bertz CT molecular complexity index is 629. The standard InChI is InChI=1S/C15H15BrN2O2/c1-20-9-10-4-2-3-5-14(10)18-15(19)12-8-11(17)6-7-13(12)16/h2-8H,9,17H2,1H3,(H,18,19). The number of ether oxygens (including phenoxy) is 1. The summed E-state index contributed by atoms with van der Waals surface area (Å²) >= 11 is 3.35. The van der Waals surface area contributed by atoms with Gasteiger partial charge in [0.2, 0.25) is 0 Å². The van der Waals surface area contributed by atoms with E-state index < -0.39 is 0 Å². The SMILES string of the molecule is COCc1ccccc1NC(=O)c1cc(N)ccc1Br. The van der Waals surface area contributed by atoms with Crippen LogP contribution in [0.4, 0.5) is 11.4 Å². The molecule has 0 bridgehead atoms. The van der Waals surface area contributed by atoms with Gasteiger partial charge >= 0.3 is 0 Å². The molecule has 0 radical (unpaired) electrons. The van der Waals surface area contributed by atoms with Gasteiger partial charge in [0.15, 0.2) is 0 Å². The Hall–Kier alpha value is -1.85. The van der Waals surface area contributed by atoms with Crippen molar-refractivity contribution in [2.75, 3.05) is 18.2 Å². The van der Waals surface area contributed by atoms with E-state index in [9.17, 15) is 4.79 Å². The molecule has 0 saturated heterocycles. The van der Waals surface area contributed by atoms with Crippen LogP contribution in [0.3, 0.4) is 0 Å². The van der Waals surface area contributed by atoms with Crippen molar-refractivity contribution in [3.8, 4) is 0 Å². The fourth-order valence-electron chi connectivity index (χ4n) is 1.83. The highest BCUT2D eigenvalue weighted by Gasteiger charge is 2.12. The monoisotopic (exact) mass is 334 g/mol. The molecule has 20 heavy (non-hydrogen) atoms. The number of methoxy groups -OCH3 is 1. The lowest BCUT2D eigenvalue weighted by molar-refractivity contribution is 0.102. The third kappa shape index (κ3) is 3.37. The zero-order valence-electron chi connectivity index (χ0n) is 11.0. The number of anilines is 2. The summed E-state index contributed by atoms with van der Waals surface area (Å²) in [5, 5.41) is 2.88. The number of amides is 1. The molecule has 0 spiro atoms. The van der Waals surface area contributed by atoms with Gasteiger partial charge in [-0.15, -0.1) is 0 Å². The largest absolute Gasteiger partial charge is 0.399 e. The lowest BCUT2D eigenvalue weighted by Crippen LogP contribution is -2.14. The van der Waals surface area contributed by atoms with E-state index in [1.165, 1.54) is 0 Å². The maximum atomic E-state index is 12.3. The molecule has 0 atom stereocenters. The van der Waals surface area contributed by atoms with E-state index in [0.29, 0.717) is 22.3 Å². The van der Waals surface area contributed by atoms with Gasteiger partial charge in [0.1, 0.15) is 0 Å². The summed E-state index contributed by atoms with van der Waals surface area (Å²) in [4.78, 5) is 12.3. The van der Waals surface area contributed by atoms with Gasteiger partial charge in [0.05, 0.1) is 12.2 Å². The second kappa shape index (κ2) is 6.54. The van der Waals surface area contributed by atoms with E-state index in [2.05, 4.69) is 21.2 Å². The van der Waals surface area contributed by atoms with Crippen LogP contribution in [0.5, 0.6) is 0 Å². The molecule has 1 amide bonds. The number of hydrogen-bond donors (Lipinski definition) is 2. The molecule has 0 aliphatic heterocycles. The van der Waals surface area contributed by atoms with Crippen molar-refractivity contribution in [2.24, 2.45) is 0 Å². The highest BCUT2D eigenvalue weighted by atomic mass is 79.9. The van der Waals surface area contributed by atoms with E-state index in [1.807, 2.05) is 24.3 Å². The van der Waals surface area contributed by atoms with Crippen molar-refractivity contribution < 1.29 is 9.53 Å². The average molecular weight is 335 g/mol. The van der Waals surface area contributed by atoms with E-state index in [0.717, 1.165) is 11.3 Å². The fraction of sp³-hybridized carbons (Fsp3) is 0.133. The summed E-state index contributed by atoms with van der Waals surface area (Å²) in [6.07, 6.45) is 0. The lowest BCUT2D eigenvalue weighted by Gasteiger charge is -2.11. The third-order valence-electron chi connectivity index (χ3n) is 2.80. The molecule has 4 nitrogen and oxygen atoms in total. The molecule has 0 unspecified atom stereocenters. The summed E-state index contributed by atoms with van der Waals surface area (Å²) in [7, 11) is 1.62. The second-order valence-corrected chi connectivity index (χ2v) is 5.14. The maximum Gasteiger partial charge on any atom is 0.256 e. The van der Waals surface area contributed by atoms with Crippen LogP contribution >= 0.6 is 15.9 Å². The summed E-state index contributed by atoms with van der Waals surface area (Å²) in [5.41, 5.74) is 8.41. The number of hydrogen-bond acceptors (Lipinski definition) is 3. The number of nitrogens with two attached hydrogens (primary N) is 1. The van der Waals surface area contributed by atoms with Crippen LogP contribution in [-0.2, 0) is 11.3 Å². The smallest absolute Gasteiger partial charge is 0.256 e. The maximum absolute atomic E-state index is 12.3. The third-order valence-corrected chi connectivity index (χ3v) is 3.49. The molecule has 2 aromatic carbocycles. The molecule has 0 heterocycles. The number of nitrogen functional groups attached to an aromatic ring is 1. The quantitative estimate of drug-likeness (QED) is 0.842. The van der Waals surface area contributed by atoms with Gasteiger partial charge in [0, 0.05) is 28.5 Å². The van der Waals surface area contributed by atoms with Crippen molar-refractivity contribution in [1.82, 2.24) is 0 Å². The van der Waals surface area contributed by atoms with Crippen LogP contribution in [-0.4, -0.2) is 13.0 Å². The molecule has 0 aliphatic carbocycles. The molecule has 0 saturated carbocycles. The lowest BCUT2D eigenvalue weighted by atomic mass is 10.1. The Kier molecular flexibility index (Phi) is 4.76. The van der Waals surface area contributed by atoms with Crippen molar-refractivity contribution >= 4 is 33.2 Å². The summed E-state index contributed by atoms with van der Waals surface area (Å²) in [6.45, 7) is 0.439. The Morgan fingerprint density at radius 3 is 2.80 bits per heavy atom. The average Bonchev–Trinajstić information content (AvgIpc) is 2.44. The van der Waals surface area contributed by atoms with Gasteiger partial charge in [-0.3, -0.25) is 4.79 Å². The minimum absolute atomic E-state index is 0.215. The van der Waals surface area contributed by atoms with Gasteiger partial charge in [0.25, 0.3) is 5.91 Å². The van der Waals surface area contributed by atoms with Crippen LogP contribution < -0.4 is 11.1 Å². The van der Waals surface area contributed by atoms with Crippen LogP contribution in [0.25, 0.3) is 0 Å². The Labute approximate surface area is 126 Å². The highest BCUT2D eigenvalue weighted by Crippen LogP contribution is 2.22. The minimum Gasteiger partial charge on any atom is -0.399 e. The Balaban J connectivity index is 2.26. The van der Waals surface area contributed by atoms with E-state index in [-0.39, 0.29) is 5.91 Å². The molecular formula is C15H15BrN2O2. The summed E-state index contributed by atoms with van der Waals surface area (Å²) in [6, 6.07) is 12.6. The van der Waals surface area contributed by atoms with Crippen molar-refractivity contribution in [3.05, 3.63) is 58.1 Å². The number of carbonyl (C=O) groups is 1. The molecule has 0 aromatic heterocycles. The second-order valence-electron chi connectivity index (χ2n) is 4.28. The summed E-state index contributed by atoms with van der Waals surface area (Å²) in [5.74, 6) is -0.215. The van der Waals surface area contributed by atoms with Crippen LogP contribution in [0.2, 0.25) is 0 Å². The van der Waals surface area contributed by atoms with Crippen LogP contribution in [0.1, 0.15) is 15.9 Å². The number of rotatable bonds is 4. The topological polar surface area (TPSA) is 64.3 Å². The fourth-order valence-corrected chi connectivity index (χ4v) is 2.26. The molecule has 2 rings (SSSR count). The normalized spacial score (nSPS) is 10.3. The number of halogens is 1. The Morgan fingerprint density at radius 1 is 1.30 bits per heavy atom. The minimum atomic E-state index is -0.215. The van der Waals surface area contributed by atoms with Crippen LogP contribution in [0.15, 0.2) is 46.9 Å². The zero-order valence-corrected chi connectivity index (χ0v) is 12.6. The number of carbonyl (C=O) groups excluding carboxylic acids is 1. The highest BCUT2D eigenvalue weighted by molar-refractivity contribution is 9.10. The molecule has 2 aromatic rings. The van der Waals surface area contributed by atoms with E-state index in [1.54, 1.807) is 25.3 Å². The first-order valence-corrected chi connectivity index (χ1v) is 6.84. The van der Waals surface area contributed by atoms with E-state index in [4.69, 9.17) is 10.5 Å². The van der Waals surface area contributed by atoms with Crippen molar-refractivity contribution in [2.45, 2.75) is 6.61 Å². The molecule has 104 valence electrons. The number of nitrogens with one attached hydrogen (secondary N) is 1.